The van der Waals surface area contributed by atoms with Crippen molar-refractivity contribution in [3.8, 4) is 0 Å². The van der Waals surface area contributed by atoms with E-state index in [1.54, 1.807) is 12.1 Å². The minimum absolute atomic E-state index is 0.0763. The highest BCUT2D eigenvalue weighted by Gasteiger charge is 2.09. The Labute approximate surface area is 219 Å². The summed E-state index contributed by atoms with van der Waals surface area (Å²) in [4.78, 5) is 17.1. The molecule has 0 amide bonds. The average molecular weight is 586 g/mol. The van der Waals surface area contributed by atoms with Crippen molar-refractivity contribution in [1.29, 1.82) is 0 Å². The van der Waals surface area contributed by atoms with Crippen molar-refractivity contribution >= 4 is 86.9 Å². The summed E-state index contributed by atoms with van der Waals surface area (Å²) in [6.45, 7) is 20.0. The normalized spacial score (nSPS) is 9.81. The first-order valence-electron chi connectivity index (χ1n) is 9.43. The van der Waals surface area contributed by atoms with E-state index >= 15 is 0 Å². The predicted molar refractivity (Wildman–Crippen MR) is 141 cm³/mol. The zero-order chi connectivity index (χ0) is 26.4. The molecule has 3 aromatic carbocycles. The van der Waals surface area contributed by atoms with Crippen molar-refractivity contribution in [3.63, 3.8) is 0 Å². The van der Waals surface area contributed by atoms with Gasteiger partial charge in [0.15, 0.2) is 26.1 Å². The van der Waals surface area contributed by atoms with Crippen LogP contribution in [0.3, 0.4) is 0 Å². The highest BCUT2D eigenvalue weighted by molar-refractivity contribution is 9.11. The summed E-state index contributed by atoms with van der Waals surface area (Å²) in [5.41, 5.74) is 12.1. The Morgan fingerprint density at radius 2 is 1.19 bits per heavy atom. The molecule has 0 fully saturated rings. The van der Waals surface area contributed by atoms with Gasteiger partial charge < -0.3 is 11.5 Å². The quantitative estimate of drug-likeness (QED) is 0.141. The first-order chi connectivity index (χ1) is 17.1. The van der Waals surface area contributed by atoms with Crippen LogP contribution in [0.25, 0.3) is 35.0 Å². The second-order valence-electron chi connectivity index (χ2n) is 6.61. The first-order valence-corrected chi connectivity index (χ1v) is 11.9. The number of nitrogens with zero attached hydrogens (tertiary/aromatic N) is 5. The average Bonchev–Trinajstić information content (AvgIpc) is 3.43. The van der Waals surface area contributed by atoms with Gasteiger partial charge in [0.05, 0.1) is 25.4 Å². The van der Waals surface area contributed by atoms with Crippen LogP contribution >= 0.6 is 38.6 Å². The van der Waals surface area contributed by atoms with Gasteiger partial charge in [0.25, 0.3) is 0 Å². The number of nitrogens with two attached hydrogens (primary N) is 2. The molecule has 2 aromatic heterocycles. The maximum absolute atomic E-state index is 13.2. The van der Waals surface area contributed by atoms with E-state index in [1.165, 1.54) is 40.9 Å². The molecule has 13 heteroatoms. The molecule has 0 radical (unpaired) electrons. The largest absolute Gasteiger partial charge is 0.396 e. The van der Waals surface area contributed by atoms with Gasteiger partial charge in [-0.2, -0.15) is 0 Å². The molecule has 0 spiro atoms. The molecule has 0 saturated heterocycles. The maximum atomic E-state index is 13.2. The molecular weight excluding hydrogens is 575 g/mol. The van der Waals surface area contributed by atoms with Crippen LogP contribution in [-0.4, -0.2) is 9.97 Å². The minimum Gasteiger partial charge on any atom is -0.396 e. The van der Waals surface area contributed by atoms with E-state index in [2.05, 4.69) is 40.4 Å². The van der Waals surface area contributed by atoms with E-state index in [0.29, 0.717) is 29.7 Å². The maximum Gasteiger partial charge on any atom is 0.191 e. The number of aromatic nitrogens is 2. The SMILES string of the molecule is [C-]#[N+]c1cc(F)c2nc(Br)sc2c1.[C-]#[N+]c1cc(F)c2nc(N)sc2c1.[C-]#[N+]c1ccc(N)c(F)c1. The van der Waals surface area contributed by atoms with Crippen LogP contribution in [0.4, 0.5) is 41.1 Å². The smallest absolute Gasteiger partial charge is 0.191 e. The highest BCUT2D eigenvalue weighted by Crippen LogP contribution is 2.32. The molecule has 5 rings (SSSR count). The van der Waals surface area contributed by atoms with E-state index in [0.717, 1.165) is 12.1 Å². The molecule has 0 aliphatic heterocycles. The molecular formula is C23H11BrF3N7S2. The van der Waals surface area contributed by atoms with Gasteiger partial charge in [0, 0.05) is 9.40 Å². The summed E-state index contributed by atoms with van der Waals surface area (Å²) < 4.78 is 40.9. The summed E-state index contributed by atoms with van der Waals surface area (Å²) in [5, 5.41) is 0.316. The summed E-state index contributed by atoms with van der Waals surface area (Å²) in [6.07, 6.45) is 0. The Balaban J connectivity index is 0.000000152. The summed E-state index contributed by atoms with van der Waals surface area (Å²) in [5.74, 6) is -1.46. The molecule has 36 heavy (non-hydrogen) atoms. The lowest BCUT2D eigenvalue weighted by atomic mass is 10.3. The number of hydrogen-bond acceptors (Lipinski definition) is 6. The van der Waals surface area contributed by atoms with Crippen molar-refractivity contribution in [3.05, 3.63) is 98.1 Å². The first kappa shape index (κ1) is 26.4. The topological polar surface area (TPSA) is 90.9 Å². The number of fused-ring (bicyclic) bond motifs is 2. The van der Waals surface area contributed by atoms with Crippen LogP contribution in [-0.2, 0) is 0 Å². The number of benzene rings is 3. The molecule has 0 bridgehead atoms. The molecule has 0 atom stereocenters. The zero-order valence-corrected chi connectivity index (χ0v) is 21.0. The Kier molecular flexibility index (Phi) is 8.41. The third kappa shape index (κ3) is 6.26. The highest BCUT2D eigenvalue weighted by atomic mass is 79.9. The van der Waals surface area contributed by atoms with Crippen LogP contribution in [0.1, 0.15) is 0 Å². The monoisotopic (exact) mass is 585 g/mol. The van der Waals surface area contributed by atoms with Gasteiger partial charge in [-0.15, -0.1) is 11.3 Å². The van der Waals surface area contributed by atoms with E-state index in [1.807, 2.05) is 0 Å². The Bertz CT molecular complexity index is 1620. The molecule has 2 heterocycles. The Morgan fingerprint density at radius 1 is 0.694 bits per heavy atom. The van der Waals surface area contributed by atoms with E-state index in [-0.39, 0.29) is 22.6 Å². The van der Waals surface area contributed by atoms with E-state index in [9.17, 15) is 13.2 Å². The number of halogens is 4. The molecule has 7 nitrogen and oxygen atoms in total. The predicted octanol–water partition coefficient (Wildman–Crippen LogP) is 8.28. The van der Waals surface area contributed by atoms with Crippen molar-refractivity contribution in [1.82, 2.24) is 9.97 Å². The van der Waals surface area contributed by atoms with Gasteiger partial charge in [0.2, 0.25) is 0 Å². The summed E-state index contributed by atoms with van der Waals surface area (Å²) in [7, 11) is 0. The lowest BCUT2D eigenvalue weighted by molar-refractivity contribution is 0.633. The van der Waals surface area contributed by atoms with Crippen molar-refractivity contribution < 1.29 is 13.2 Å². The molecule has 5 aromatic rings. The lowest BCUT2D eigenvalue weighted by Gasteiger charge is -1.93. The van der Waals surface area contributed by atoms with Crippen molar-refractivity contribution in [2.45, 2.75) is 0 Å². The van der Waals surface area contributed by atoms with E-state index < -0.39 is 17.5 Å². The lowest BCUT2D eigenvalue weighted by Crippen LogP contribution is -1.87. The second kappa shape index (κ2) is 11.5. The number of hydrogen-bond donors (Lipinski definition) is 2. The van der Waals surface area contributed by atoms with Crippen LogP contribution in [0.15, 0.2) is 46.4 Å². The fraction of sp³-hybridized carbons (Fsp3) is 0. The van der Waals surface area contributed by atoms with Gasteiger partial charge in [-0.3, -0.25) is 0 Å². The Morgan fingerprint density at radius 3 is 1.72 bits per heavy atom. The van der Waals surface area contributed by atoms with E-state index in [4.69, 9.17) is 31.2 Å². The van der Waals surface area contributed by atoms with Crippen LogP contribution in [0.2, 0.25) is 0 Å². The molecule has 178 valence electrons. The van der Waals surface area contributed by atoms with Crippen molar-refractivity contribution in [2.75, 3.05) is 11.5 Å². The van der Waals surface area contributed by atoms with Crippen LogP contribution in [0, 0.1) is 37.2 Å². The second-order valence-corrected chi connectivity index (χ2v) is 9.98. The number of thiazole rings is 2. The molecule has 0 aliphatic carbocycles. The Hall–Kier alpha value is -4.22. The summed E-state index contributed by atoms with van der Waals surface area (Å²) >= 11 is 5.67. The molecule has 0 aliphatic rings. The summed E-state index contributed by atoms with van der Waals surface area (Å²) in [6, 6.07) is 9.54. The molecule has 0 unspecified atom stereocenters. The standard InChI is InChI=1S/C8H2BrFN2S.C8H4FN3S.C7H5FN2/c1-11-4-2-5(10)7-6(3-4)13-8(9)12-7;1-11-4-2-5(9)7-6(3-4)13-8(10)12-7;1-10-5-2-3-7(9)6(8)4-5/h2-3H;2-3H,(H2,10,12);2-4H,9H2. The zero-order valence-electron chi connectivity index (χ0n) is 17.8. The fourth-order valence-corrected chi connectivity index (χ4v) is 4.88. The minimum atomic E-state index is -0.534. The molecule has 4 N–H and O–H groups in total. The number of rotatable bonds is 0. The van der Waals surface area contributed by atoms with Crippen molar-refractivity contribution in [2.24, 2.45) is 0 Å². The fourth-order valence-electron chi connectivity index (χ4n) is 2.65. The van der Waals surface area contributed by atoms with Gasteiger partial charge >= 0.3 is 0 Å². The van der Waals surface area contributed by atoms with Gasteiger partial charge in [-0.25, -0.2) is 37.7 Å². The number of anilines is 2. The van der Waals surface area contributed by atoms with Gasteiger partial charge in [-0.05, 0) is 52.3 Å². The van der Waals surface area contributed by atoms with Gasteiger partial charge in [0.1, 0.15) is 28.5 Å². The third-order valence-electron chi connectivity index (χ3n) is 4.23. The molecule has 0 saturated carbocycles. The van der Waals surface area contributed by atoms with Gasteiger partial charge in [-0.1, -0.05) is 17.4 Å². The number of nitrogen functional groups attached to an aromatic ring is 2. The third-order valence-corrected chi connectivity index (χ3v) is 6.51. The van der Waals surface area contributed by atoms with Crippen LogP contribution in [0.5, 0.6) is 0 Å². The van der Waals surface area contributed by atoms with Crippen LogP contribution < -0.4 is 11.5 Å².